The predicted octanol–water partition coefficient (Wildman–Crippen LogP) is -0.730. The van der Waals surface area contributed by atoms with Crippen molar-refractivity contribution in [2.24, 2.45) is 5.73 Å². The first-order valence-corrected chi connectivity index (χ1v) is 8.10. The molecule has 3 N–H and O–H groups in total. The Morgan fingerprint density at radius 1 is 1.40 bits per heavy atom. The van der Waals surface area contributed by atoms with E-state index in [-0.39, 0.29) is 25.7 Å². The van der Waals surface area contributed by atoms with E-state index in [2.05, 4.69) is 4.74 Å². The van der Waals surface area contributed by atoms with Crippen molar-refractivity contribution in [3.63, 3.8) is 0 Å². The minimum Gasteiger partial charge on any atom is -0.449 e. The van der Waals surface area contributed by atoms with Crippen molar-refractivity contribution in [3.05, 3.63) is 0 Å². The van der Waals surface area contributed by atoms with Gasteiger partial charge in [0.15, 0.2) is 0 Å². The van der Waals surface area contributed by atoms with Crippen molar-refractivity contribution in [2.75, 3.05) is 32.8 Å². The van der Waals surface area contributed by atoms with Gasteiger partial charge in [0.1, 0.15) is 0 Å². The number of carbonyl (C=O) groups excluding carboxylic acids is 1. The normalized spacial score (nSPS) is 19.3. The molecule has 0 bridgehead atoms. The molecule has 0 saturated carbocycles. The van der Waals surface area contributed by atoms with Crippen molar-refractivity contribution < 1.29 is 17.9 Å². The highest BCUT2D eigenvalue weighted by molar-refractivity contribution is 7.87. The Morgan fingerprint density at radius 2 is 1.95 bits per heavy atom. The summed E-state index contributed by atoms with van der Waals surface area (Å²) in [5.41, 5.74) is 5.57. The third kappa shape index (κ3) is 4.54. The Balaban J connectivity index is 2.56. The van der Waals surface area contributed by atoms with E-state index in [1.54, 1.807) is 6.92 Å². The average Bonchev–Trinajstić information content (AvgIpc) is 2.37. The number of rotatable bonds is 5. The Labute approximate surface area is 124 Å². The Bertz CT molecular complexity index is 460. The summed E-state index contributed by atoms with van der Waals surface area (Å²) in [5, 5.41) is 0. The van der Waals surface area contributed by atoms with E-state index >= 15 is 0 Å². The van der Waals surface area contributed by atoms with E-state index in [1.807, 2.05) is 16.5 Å². The number of hydrogen-bond acceptors (Lipinski definition) is 6. The first-order valence-electron chi connectivity index (χ1n) is 6.26. The van der Waals surface area contributed by atoms with Crippen LogP contribution in [0.25, 0.3) is 0 Å². The van der Waals surface area contributed by atoms with Gasteiger partial charge < -0.3 is 10.5 Å². The maximum atomic E-state index is 11.9. The maximum Gasteiger partial charge on any atom is 0.421 e. The topological polar surface area (TPSA) is 105 Å². The third-order valence-corrected chi connectivity index (χ3v) is 4.87. The zero-order valence-corrected chi connectivity index (χ0v) is 13.2. The van der Waals surface area contributed by atoms with Crippen molar-refractivity contribution in [1.29, 1.82) is 0 Å². The molecular weight excluding hydrogens is 304 g/mol. The molecule has 1 fully saturated rings. The SMILES string of the molecule is CCOC(=O)NS(=O)(=O)N1CCN(C(C)C(N)=S)CC1. The summed E-state index contributed by atoms with van der Waals surface area (Å²) in [6.45, 7) is 5.12. The molecule has 10 heteroatoms. The van der Waals surface area contributed by atoms with Crippen LogP contribution in [-0.4, -0.2) is 67.5 Å². The number of nitrogens with zero attached hydrogens (tertiary/aromatic N) is 2. The molecule has 20 heavy (non-hydrogen) atoms. The van der Waals surface area contributed by atoms with E-state index in [4.69, 9.17) is 18.0 Å². The van der Waals surface area contributed by atoms with Crippen molar-refractivity contribution >= 4 is 33.5 Å². The van der Waals surface area contributed by atoms with Crippen LogP contribution in [0.15, 0.2) is 0 Å². The highest BCUT2D eigenvalue weighted by Gasteiger charge is 2.30. The maximum absolute atomic E-state index is 11.9. The second kappa shape index (κ2) is 7.16. The van der Waals surface area contributed by atoms with Crippen LogP contribution in [0.2, 0.25) is 0 Å². The number of ether oxygens (including phenoxy) is 1. The number of carbonyl (C=O) groups is 1. The van der Waals surface area contributed by atoms with Gasteiger partial charge in [-0.1, -0.05) is 12.2 Å². The van der Waals surface area contributed by atoms with E-state index in [1.165, 1.54) is 4.31 Å². The molecule has 1 aliphatic heterocycles. The molecule has 0 aromatic carbocycles. The Hall–Kier alpha value is -0.970. The van der Waals surface area contributed by atoms with Crippen LogP contribution < -0.4 is 10.5 Å². The summed E-state index contributed by atoms with van der Waals surface area (Å²) < 4.78 is 31.5. The van der Waals surface area contributed by atoms with Crippen LogP contribution in [0.3, 0.4) is 0 Å². The Kier molecular flexibility index (Phi) is 6.11. The molecule has 0 aromatic heterocycles. The second-order valence-electron chi connectivity index (χ2n) is 4.34. The molecule has 1 amide bonds. The fraction of sp³-hybridized carbons (Fsp3) is 0.800. The lowest BCUT2D eigenvalue weighted by Crippen LogP contribution is -2.56. The van der Waals surface area contributed by atoms with Gasteiger partial charge >= 0.3 is 16.3 Å². The lowest BCUT2D eigenvalue weighted by atomic mass is 10.2. The second-order valence-corrected chi connectivity index (χ2v) is 6.48. The van der Waals surface area contributed by atoms with E-state index in [9.17, 15) is 13.2 Å². The standard InChI is InChI=1S/C10H20N4O4S2/c1-3-18-10(15)12-20(16,17)14-6-4-13(5-7-14)8(2)9(11)19/h8H,3-7H2,1-2H3,(H2,11,19)(H,12,15). The fourth-order valence-electron chi connectivity index (χ4n) is 1.84. The minimum atomic E-state index is -3.86. The highest BCUT2D eigenvalue weighted by atomic mass is 32.2. The van der Waals surface area contributed by atoms with Gasteiger partial charge in [-0.05, 0) is 13.8 Å². The molecule has 1 aliphatic rings. The van der Waals surface area contributed by atoms with Crippen LogP contribution in [0.1, 0.15) is 13.8 Å². The summed E-state index contributed by atoms with van der Waals surface area (Å²) in [5.74, 6) is 0. The number of hydrogen-bond donors (Lipinski definition) is 2. The molecule has 0 radical (unpaired) electrons. The van der Waals surface area contributed by atoms with Crippen LogP contribution in [-0.2, 0) is 14.9 Å². The third-order valence-electron chi connectivity index (χ3n) is 3.06. The largest absolute Gasteiger partial charge is 0.449 e. The van der Waals surface area contributed by atoms with Gasteiger partial charge in [0.05, 0.1) is 17.6 Å². The molecular formula is C10H20N4O4S2. The molecule has 8 nitrogen and oxygen atoms in total. The summed E-state index contributed by atoms with van der Waals surface area (Å²) in [4.78, 5) is 13.6. The summed E-state index contributed by atoms with van der Waals surface area (Å²) in [6.07, 6.45) is -0.966. The van der Waals surface area contributed by atoms with Crippen LogP contribution in [0.4, 0.5) is 4.79 Å². The number of piperazine rings is 1. The lowest BCUT2D eigenvalue weighted by Gasteiger charge is -2.36. The number of thiocarbonyl (C=S) groups is 1. The van der Waals surface area contributed by atoms with Gasteiger partial charge in [-0.2, -0.15) is 12.7 Å². The van der Waals surface area contributed by atoms with Crippen molar-refractivity contribution in [1.82, 2.24) is 13.9 Å². The molecule has 116 valence electrons. The van der Waals surface area contributed by atoms with E-state index < -0.39 is 16.3 Å². The molecule has 1 heterocycles. The summed E-state index contributed by atoms with van der Waals surface area (Å²) >= 11 is 4.92. The molecule has 0 aromatic rings. The van der Waals surface area contributed by atoms with Gasteiger partial charge in [-0.25, -0.2) is 9.52 Å². The quantitative estimate of drug-likeness (QED) is 0.642. The molecule has 1 rings (SSSR count). The zero-order valence-electron chi connectivity index (χ0n) is 11.5. The van der Waals surface area contributed by atoms with E-state index in [0.29, 0.717) is 18.1 Å². The molecule has 1 saturated heterocycles. The van der Waals surface area contributed by atoms with Gasteiger partial charge in [0.2, 0.25) is 0 Å². The van der Waals surface area contributed by atoms with Gasteiger partial charge in [-0.15, -0.1) is 0 Å². The fourth-order valence-corrected chi connectivity index (χ4v) is 3.03. The van der Waals surface area contributed by atoms with Gasteiger partial charge in [0, 0.05) is 26.2 Å². The molecule has 0 aliphatic carbocycles. The van der Waals surface area contributed by atoms with Crippen molar-refractivity contribution in [3.8, 4) is 0 Å². The van der Waals surface area contributed by atoms with Crippen LogP contribution in [0, 0.1) is 0 Å². The summed E-state index contributed by atoms with van der Waals surface area (Å²) in [7, 11) is -3.86. The summed E-state index contributed by atoms with van der Waals surface area (Å²) in [6, 6.07) is -0.0760. The lowest BCUT2D eigenvalue weighted by molar-refractivity contribution is 0.154. The minimum absolute atomic E-state index is 0.0760. The van der Waals surface area contributed by atoms with Gasteiger partial charge in [-0.3, -0.25) is 4.90 Å². The highest BCUT2D eigenvalue weighted by Crippen LogP contribution is 2.09. The first kappa shape index (κ1) is 17.1. The molecule has 0 spiro atoms. The predicted molar refractivity (Wildman–Crippen MR) is 78.5 cm³/mol. The first-order chi connectivity index (χ1) is 9.27. The molecule has 1 atom stereocenters. The van der Waals surface area contributed by atoms with Crippen molar-refractivity contribution in [2.45, 2.75) is 19.9 Å². The smallest absolute Gasteiger partial charge is 0.421 e. The van der Waals surface area contributed by atoms with E-state index in [0.717, 1.165) is 0 Å². The average molecular weight is 324 g/mol. The monoisotopic (exact) mass is 324 g/mol. The Morgan fingerprint density at radius 3 is 2.40 bits per heavy atom. The number of nitrogens with one attached hydrogen (secondary N) is 1. The molecule has 1 unspecified atom stereocenters. The van der Waals surface area contributed by atoms with Gasteiger partial charge in [0.25, 0.3) is 0 Å². The van der Waals surface area contributed by atoms with Crippen LogP contribution in [0.5, 0.6) is 0 Å². The zero-order chi connectivity index (χ0) is 15.3. The van der Waals surface area contributed by atoms with Crippen LogP contribution >= 0.6 is 12.2 Å². The number of amides is 1. The number of nitrogens with two attached hydrogens (primary N) is 1.